The van der Waals surface area contributed by atoms with Gasteiger partial charge in [-0.25, -0.2) is 0 Å². The van der Waals surface area contributed by atoms with Gasteiger partial charge in [0.15, 0.2) is 0 Å². The van der Waals surface area contributed by atoms with Crippen molar-refractivity contribution in [2.24, 2.45) is 5.92 Å². The normalized spacial score (nSPS) is 22.0. The first-order valence-corrected chi connectivity index (χ1v) is 7.77. The largest absolute Gasteiger partial charge is 0.491 e. The molecule has 2 atom stereocenters. The van der Waals surface area contributed by atoms with Crippen LogP contribution in [0.2, 0.25) is 0 Å². The van der Waals surface area contributed by atoms with Gasteiger partial charge in [-0.1, -0.05) is 12.5 Å². The molecule has 4 heteroatoms. The molecule has 1 aliphatic carbocycles. The number of hydrogen-bond acceptors (Lipinski definition) is 2. The van der Waals surface area contributed by atoms with E-state index in [1.807, 2.05) is 32.0 Å². The van der Waals surface area contributed by atoms with E-state index in [1.165, 1.54) is 0 Å². The van der Waals surface area contributed by atoms with Crippen molar-refractivity contribution in [3.8, 4) is 5.75 Å². The summed E-state index contributed by atoms with van der Waals surface area (Å²) < 4.78 is 5.62. The maximum Gasteiger partial charge on any atom is 0.251 e. The topological polar surface area (TPSA) is 38.3 Å². The van der Waals surface area contributed by atoms with Crippen molar-refractivity contribution in [1.82, 2.24) is 5.32 Å². The van der Waals surface area contributed by atoms with E-state index in [9.17, 15) is 4.79 Å². The fourth-order valence-electron chi connectivity index (χ4n) is 2.65. The number of alkyl halides is 1. The minimum atomic E-state index is -0.0405. The summed E-state index contributed by atoms with van der Waals surface area (Å²) >= 11 is 5.94. The van der Waals surface area contributed by atoms with E-state index >= 15 is 0 Å². The lowest BCUT2D eigenvalue weighted by Crippen LogP contribution is -2.37. The zero-order valence-corrected chi connectivity index (χ0v) is 12.8. The maximum atomic E-state index is 12.3. The van der Waals surface area contributed by atoms with Crippen LogP contribution in [0.5, 0.6) is 5.75 Å². The highest BCUT2D eigenvalue weighted by molar-refractivity contribution is 6.18. The highest BCUT2D eigenvalue weighted by atomic mass is 35.5. The maximum absolute atomic E-state index is 12.3. The Kier molecular flexibility index (Phi) is 5.30. The van der Waals surface area contributed by atoms with Crippen LogP contribution in [0.4, 0.5) is 0 Å². The fourth-order valence-corrected chi connectivity index (χ4v) is 3.02. The third-order valence-electron chi connectivity index (χ3n) is 3.64. The second-order valence-electron chi connectivity index (χ2n) is 5.62. The Bertz CT molecular complexity index is 462. The average molecular weight is 296 g/mol. The molecule has 1 aromatic rings. The fraction of sp³-hybridized carbons (Fsp3) is 0.562. The third kappa shape index (κ3) is 3.89. The summed E-state index contributed by atoms with van der Waals surface area (Å²) in [6.45, 7) is 3.94. The lowest BCUT2D eigenvalue weighted by molar-refractivity contribution is 0.0929. The molecule has 1 amide bonds. The van der Waals surface area contributed by atoms with Gasteiger partial charge in [0.2, 0.25) is 0 Å². The molecule has 3 nitrogen and oxygen atoms in total. The van der Waals surface area contributed by atoms with Crippen molar-refractivity contribution in [3.05, 3.63) is 29.8 Å². The van der Waals surface area contributed by atoms with Crippen LogP contribution >= 0.6 is 11.6 Å². The molecule has 0 aliphatic heterocycles. The van der Waals surface area contributed by atoms with Gasteiger partial charge in [0, 0.05) is 17.5 Å². The van der Waals surface area contributed by atoms with Crippen LogP contribution in [0.3, 0.4) is 0 Å². The van der Waals surface area contributed by atoms with Gasteiger partial charge >= 0.3 is 0 Å². The Hall–Kier alpha value is -1.22. The molecular formula is C16H22ClNO2. The van der Waals surface area contributed by atoms with Gasteiger partial charge in [-0.3, -0.25) is 4.79 Å². The molecule has 110 valence electrons. The molecule has 0 radical (unpaired) electrons. The van der Waals surface area contributed by atoms with Crippen LogP contribution in [-0.4, -0.2) is 23.9 Å². The van der Waals surface area contributed by atoms with Crippen LogP contribution in [-0.2, 0) is 0 Å². The molecule has 1 N–H and O–H groups in total. The molecular weight excluding hydrogens is 274 g/mol. The predicted molar refractivity (Wildman–Crippen MR) is 81.5 cm³/mol. The molecule has 1 aliphatic rings. The number of ether oxygens (including phenoxy) is 1. The van der Waals surface area contributed by atoms with E-state index in [2.05, 4.69) is 5.32 Å². The van der Waals surface area contributed by atoms with Crippen LogP contribution in [0, 0.1) is 5.92 Å². The van der Waals surface area contributed by atoms with Crippen molar-refractivity contribution >= 4 is 17.5 Å². The Labute approximate surface area is 125 Å². The molecule has 1 fully saturated rings. The zero-order chi connectivity index (χ0) is 14.5. The first-order valence-electron chi connectivity index (χ1n) is 7.23. The lowest BCUT2D eigenvalue weighted by atomic mass is 10.1. The molecule has 0 spiro atoms. The number of carbonyl (C=O) groups is 1. The first-order chi connectivity index (χ1) is 9.60. The smallest absolute Gasteiger partial charge is 0.251 e. The molecule has 1 aromatic carbocycles. The third-order valence-corrected chi connectivity index (χ3v) is 4.04. The van der Waals surface area contributed by atoms with Crippen LogP contribution < -0.4 is 10.1 Å². The Balaban J connectivity index is 2.01. The minimum Gasteiger partial charge on any atom is -0.491 e. The molecule has 1 saturated carbocycles. The van der Waals surface area contributed by atoms with Gasteiger partial charge in [0.25, 0.3) is 5.91 Å². The van der Waals surface area contributed by atoms with Crippen LogP contribution in [0.1, 0.15) is 43.5 Å². The Morgan fingerprint density at radius 2 is 2.25 bits per heavy atom. The molecule has 0 bridgehead atoms. The second-order valence-corrected chi connectivity index (χ2v) is 5.93. The number of carbonyl (C=O) groups excluding carboxylic acids is 1. The van der Waals surface area contributed by atoms with Crippen molar-refractivity contribution in [2.75, 3.05) is 5.88 Å². The Morgan fingerprint density at radius 3 is 2.95 bits per heavy atom. The van der Waals surface area contributed by atoms with E-state index in [1.54, 1.807) is 6.07 Å². The Morgan fingerprint density at radius 1 is 1.45 bits per heavy atom. The number of amides is 1. The highest BCUT2D eigenvalue weighted by Crippen LogP contribution is 2.27. The van der Waals surface area contributed by atoms with Gasteiger partial charge in [0.1, 0.15) is 5.75 Å². The summed E-state index contributed by atoms with van der Waals surface area (Å²) in [6.07, 6.45) is 3.36. The summed E-state index contributed by atoms with van der Waals surface area (Å²) in [4.78, 5) is 12.3. The van der Waals surface area contributed by atoms with Crippen molar-refractivity contribution in [3.63, 3.8) is 0 Å². The molecule has 0 aromatic heterocycles. The number of hydrogen-bond donors (Lipinski definition) is 1. The lowest BCUT2D eigenvalue weighted by Gasteiger charge is -2.19. The van der Waals surface area contributed by atoms with E-state index in [-0.39, 0.29) is 18.1 Å². The first kappa shape index (κ1) is 15.2. The van der Waals surface area contributed by atoms with Crippen molar-refractivity contribution < 1.29 is 9.53 Å². The van der Waals surface area contributed by atoms with Gasteiger partial charge in [-0.15, -0.1) is 11.6 Å². The summed E-state index contributed by atoms with van der Waals surface area (Å²) in [5.41, 5.74) is 0.642. The van der Waals surface area contributed by atoms with Crippen LogP contribution in [0.15, 0.2) is 24.3 Å². The van der Waals surface area contributed by atoms with Crippen molar-refractivity contribution in [1.29, 1.82) is 0 Å². The van der Waals surface area contributed by atoms with Gasteiger partial charge in [-0.05, 0) is 50.8 Å². The summed E-state index contributed by atoms with van der Waals surface area (Å²) in [5.74, 6) is 1.70. The zero-order valence-electron chi connectivity index (χ0n) is 12.1. The van der Waals surface area contributed by atoms with E-state index < -0.39 is 0 Å². The SMILES string of the molecule is CC(C)Oc1cccc(C(=O)NC2CCCC2CCl)c1. The standard InChI is InChI=1S/C16H22ClNO2/c1-11(2)20-14-7-3-5-12(9-14)16(19)18-15-8-4-6-13(15)10-17/h3,5,7,9,11,13,15H,4,6,8,10H2,1-2H3,(H,18,19). The summed E-state index contributed by atoms with van der Waals surface area (Å²) in [5, 5.41) is 3.10. The van der Waals surface area contributed by atoms with Crippen molar-refractivity contribution in [2.45, 2.75) is 45.3 Å². The minimum absolute atomic E-state index is 0.0405. The molecule has 0 saturated heterocycles. The number of nitrogens with one attached hydrogen (secondary N) is 1. The van der Waals surface area contributed by atoms with Gasteiger partial charge in [-0.2, -0.15) is 0 Å². The van der Waals surface area contributed by atoms with Gasteiger partial charge in [0.05, 0.1) is 6.10 Å². The summed E-state index contributed by atoms with van der Waals surface area (Å²) in [7, 11) is 0. The number of benzene rings is 1. The van der Waals surface area contributed by atoms with E-state index in [0.29, 0.717) is 17.4 Å². The predicted octanol–water partition coefficient (Wildman–Crippen LogP) is 3.61. The number of halogens is 1. The van der Waals surface area contributed by atoms with E-state index in [0.717, 1.165) is 25.0 Å². The molecule has 2 unspecified atom stereocenters. The second kappa shape index (κ2) is 6.98. The average Bonchev–Trinajstić information content (AvgIpc) is 2.85. The monoisotopic (exact) mass is 295 g/mol. The molecule has 2 rings (SSSR count). The van der Waals surface area contributed by atoms with Gasteiger partial charge < -0.3 is 10.1 Å². The quantitative estimate of drug-likeness (QED) is 0.843. The van der Waals surface area contributed by atoms with E-state index in [4.69, 9.17) is 16.3 Å². The summed E-state index contributed by atoms with van der Waals surface area (Å²) in [6, 6.07) is 7.52. The number of rotatable bonds is 5. The molecule has 20 heavy (non-hydrogen) atoms. The molecule has 0 heterocycles. The van der Waals surface area contributed by atoms with Crippen LogP contribution in [0.25, 0.3) is 0 Å². The highest BCUT2D eigenvalue weighted by Gasteiger charge is 2.28.